The second kappa shape index (κ2) is 9.17. The van der Waals surface area contributed by atoms with E-state index < -0.39 is 0 Å². The average Bonchev–Trinajstić information content (AvgIpc) is 2.82. The van der Waals surface area contributed by atoms with Gasteiger partial charge in [0.1, 0.15) is 0 Å². The van der Waals surface area contributed by atoms with Gasteiger partial charge in [0.05, 0.1) is 5.52 Å². The largest absolute Gasteiger partial charge is 0.388 e. The number of halogens is 1. The van der Waals surface area contributed by atoms with Crippen LogP contribution in [0.1, 0.15) is 11.1 Å². The highest BCUT2D eigenvalue weighted by Crippen LogP contribution is 2.28. The van der Waals surface area contributed by atoms with Gasteiger partial charge in [-0.15, -0.1) is 0 Å². The van der Waals surface area contributed by atoms with Crippen LogP contribution < -0.4 is 10.6 Å². The lowest BCUT2D eigenvalue weighted by molar-refractivity contribution is 0.628. The molecule has 0 aliphatic heterocycles. The predicted molar refractivity (Wildman–Crippen MR) is 125 cm³/mol. The van der Waals surface area contributed by atoms with E-state index in [2.05, 4.69) is 20.6 Å². The van der Waals surface area contributed by atoms with Gasteiger partial charge in [-0.2, -0.15) is 0 Å². The maximum atomic E-state index is 15.2. The minimum absolute atomic E-state index is 0.215. The minimum Gasteiger partial charge on any atom is -0.388 e. The molecule has 0 spiro atoms. The Morgan fingerprint density at radius 2 is 1.87 bits per heavy atom. The van der Waals surface area contributed by atoms with Crippen LogP contribution in [0.3, 0.4) is 0 Å². The molecular formula is C25H22FN5. The number of allylic oxidation sites excluding steroid dienone is 1. The van der Waals surface area contributed by atoms with Crippen LogP contribution in [0.15, 0.2) is 79.1 Å². The molecule has 0 saturated heterocycles. The highest BCUT2D eigenvalue weighted by atomic mass is 19.1. The van der Waals surface area contributed by atoms with Crippen LogP contribution in [0.25, 0.3) is 27.7 Å². The van der Waals surface area contributed by atoms with E-state index in [-0.39, 0.29) is 11.6 Å². The SMILES string of the molecule is CN/C(=C\C=N)c1ccc(CNc2nccc(-c3ccc4ncccc4c3)c2F)cc1. The van der Waals surface area contributed by atoms with Gasteiger partial charge in [-0.25, -0.2) is 9.37 Å². The normalized spacial score (nSPS) is 11.4. The quantitative estimate of drug-likeness (QED) is 0.363. The molecule has 2 heterocycles. The van der Waals surface area contributed by atoms with E-state index in [0.29, 0.717) is 12.1 Å². The summed E-state index contributed by atoms with van der Waals surface area (Å²) >= 11 is 0. The van der Waals surface area contributed by atoms with Crippen molar-refractivity contribution in [2.24, 2.45) is 0 Å². The van der Waals surface area contributed by atoms with Gasteiger partial charge in [-0.05, 0) is 47.0 Å². The first kappa shape index (κ1) is 20.2. The van der Waals surface area contributed by atoms with Crippen LogP contribution in [-0.2, 0) is 6.54 Å². The Labute approximate surface area is 180 Å². The summed E-state index contributed by atoms with van der Waals surface area (Å²) in [6.07, 6.45) is 6.29. The van der Waals surface area contributed by atoms with E-state index in [9.17, 15) is 0 Å². The Morgan fingerprint density at radius 3 is 2.65 bits per heavy atom. The van der Waals surface area contributed by atoms with Crippen LogP contribution >= 0.6 is 0 Å². The Hall–Kier alpha value is -4.06. The molecule has 31 heavy (non-hydrogen) atoms. The van der Waals surface area contributed by atoms with Crippen molar-refractivity contribution in [1.82, 2.24) is 15.3 Å². The van der Waals surface area contributed by atoms with Crippen molar-refractivity contribution >= 4 is 28.6 Å². The third kappa shape index (κ3) is 4.43. The van der Waals surface area contributed by atoms with E-state index in [1.807, 2.05) is 61.6 Å². The van der Waals surface area contributed by atoms with Gasteiger partial charge in [-0.1, -0.05) is 36.4 Å². The van der Waals surface area contributed by atoms with Crippen molar-refractivity contribution in [3.05, 3.63) is 96.1 Å². The Morgan fingerprint density at radius 1 is 1.03 bits per heavy atom. The van der Waals surface area contributed by atoms with Crippen LogP contribution in [0.5, 0.6) is 0 Å². The number of hydrogen-bond acceptors (Lipinski definition) is 5. The van der Waals surface area contributed by atoms with Gasteiger partial charge >= 0.3 is 0 Å². The van der Waals surface area contributed by atoms with Crippen LogP contribution in [0, 0.1) is 11.2 Å². The molecule has 3 N–H and O–H groups in total. The Bertz CT molecular complexity index is 1250. The van der Waals surface area contributed by atoms with Gasteiger partial charge in [0.15, 0.2) is 11.6 Å². The molecule has 0 bridgehead atoms. The van der Waals surface area contributed by atoms with E-state index in [1.54, 1.807) is 24.5 Å². The highest BCUT2D eigenvalue weighted by Gasteiger charge is 2.12. The highest BCUT2D eigenvalue weighted by molar-refractivity contribution is 5.85. The molecule has 0 aliphatic carbocycles. The topological polar surface area (TPSA) is 73.7 Å². The van der Waals surface area contributed by atoms with Crippen LogP contribution in [-0.4, -0.2) is 23.2 Å². The van der Waals surface area contributed by atoms with Gasteiger partial charge in [0, 0.05) is 48.8 Å². The summed E-state index contributed by atoms with van der Waals surface area (Å²) in [5.41, 5.74) is 4.99. The molecule has 154 valence electrons. The molecule has 5 nitrogen and oxygen atoms in total. The molecule has 2 aromatic heterocycles. The maximum Gasteiger partial charge on any atom is 0.173 e. The monoisotopic (exact) mass is 411 g/mol. The first-order valence-electron chi connectivity index (χ1n) is 9.91. The summed E-state index contributed by atoms with van der Waals surface area (Å²) in [7, 11) is 1.82. The van der Waals surface area contributed by atoms with Crippen molar-refractivity contribution in [2.45, 2.75) is 6.54 Å². The van der Waals surface area contributed by atoms with Crippen molar-refractivity contribution in [1.29, 1.82) is 5.41 Å². The molecule has 0 radical (unpaired) electrons. The van der Waals surface area contributed by atoms with E-state index >= 15 is 4.39 Å². The van der Waals surface area contributed by atoms with Crippen LogP contribution in [0.4, 0.5) is 10.2 Å². The molecule has 4 aromatic rings. The number of nitrogens with zero attached hydrogens (tertiary/aromatic N) is 2. The summed E-state index contributed by atoms with van der Waals surface area (Å²) in [4.78, 5) is 8.50. The van der Waals surface area contributed by atoms with Gasteiger partial charge in [0.2, 0.25) is 0 Å². The molecule has 2 aromatic carbocycles. The number of benzene rings is 2. The lowest BCUT2D eigenvalue weighted by Crippen LogP contribution is -2.06. The summed E-state index contributed by atoms with van der Waals surface area (Å²) in [6, 6.07) is 19.1. The number of aromatic nitrogens is 2. The molecule has 4 rings (SSSR count). The maximum absolute atomic E-state index is 15.2. The van der Waals surface area contributed by atoms with Crippen molar-refractivity contribution in [2.75, 3.05) is 12.4 Å². The molecular weight excluding hydrogens is 389 g/mol. The zero-order valence-electron chi connectivity index (χ0n) is 17.1. The molecule has 0 unspecified atom stereocenters. The first-order chi connectivity index (χ1) is 15.2. The number of fused-ring (bicyclic) bond motifs is 1. The van der Waals surface area contributed by atoms with Gasteiger partial charge < -0.3 is 16.0 Å². The molecule has 0 fully saturated rings. The zero-order valence-corrected chi connectivity index (χ0v) is 17.1. The summed E-state index contributed by atoms with van der Waals surface area (Å²) in [5, 5.41) is 14.4. The van der Waals surface area contributed by atoms with Crippen molar-refractivity contribution in [3.63, 3.8) is 0 Å². The van der Waals surface area contributed by atoms with E-state index in [0.717, 1.165) is 33.3 Å². The van der Waals surface area contributed by atoms with Gasteiger partial charge in [-0.3, -0.25) is 4.98 Å². The fourth-order valence-corrected chi connectivity index (χ4v) is 3.43. The summed E-state index contributed by atoms with van der Waals surface area (Å²) < 4.78 is 15.2. The second-order valence-corrected chi connectivity index (χ2v) is 6.98. The minimum atomic E-state index is -0.381. The molecule has 0 amide bonds. The van der Waals surface area contributed by atoms with Crippen molar-refractivity contribution in [3.8, 4) is 11.1 Å². The zero-order chi connectivity index (χ0) is 21.6. The third-order valence-corrected chi connectivity index (χ3v) is 5.05. The summed E-state index contributed by atoms with van der Waals surface area (Å²) in [6.45, 7) is 0.443. The van der Waals surface area contributed by atoms with E-state index in [1.165, 1.54) is 6.21 Å². The Kier molecular flexibility index (Phi) is 5.98. The van der Waals surface area contributed by atoms with Gasteiger partial charge in [0.25, 0.3) is 0 Å². The number of pyridine rings is 2. The Balaban J connectivity index is 1.53. The van der Waals surface area contributed by atoms with E-state index in [4.69, 9.17) is 5.41 Å². The smallest absolute Gasteiger partial charge is 0.173 e. The first-order valence-corrected chi connectivity index (χ1v) is 9.91. The number of anilines is 1. The molecule has 0 atom stereocenters. The predicted octanol–water partition coefficient (Wildman–Crippen LogP) is 5.26. The third-order valence-electron chi connectivity index (χ3n) is 5.05. The average molecular weight is 411 g/mol. The standard InChI is InChI=1S/C25H22FN5/c1-28-22(10-12-27)18-6-4-17(5-7-18)16-31-25-24(26)21(11-14-30-25)19-8-9-23-20(15-19)3-2-13-29-23/h2-15,27-28H,16H2,1H3,(H,30,31)/b22-10-,27-12?. The van der Waals surface area contributed by atoms with Crippen LogP contribution in [0.2, 0.25) is 0 Å². The van der Waals surface area contributed by atoms with Crippen molar-refractivity contribution < 1.29 is 4.39 Å². The molecule has 6 heteroatoms. The number of nitrogens with one attached hydrogen (secondary N) is 3. The fourth-order valence-electron chi connectivity index (χ4n) is 3.43. The summed E-state index contributed by atoms with van der Waals surface area (Å²) in [5.74, 6) is -0.166. The fraction of sp³-hybridized carbons (Fsp3) is 0.0800. The molecule has 0 aliphatic rings. The second-order valence-electron chi connectivity index (χ2n) is 6.98. The number of hydrogen-bond donors (Lipinski definition) is 3. The number of rotatable bonds is 7. The lowest BCUT2D eigenvalue weighted by Gasteiger charge is -2.11. The lowest BCUT2D eigenvalue weighted by atomic mass is 10.0. The molecule has 0 saturated carbocycles.